The molecule has 2 aromatic rings. The van der Waals surface area contributed by atoms with Crippen LogP contribution in [0.5, 0.6) is 5.75 Å². The van der Waals surface area contributed by atoms with Gasteiger partial charge in [0.1, 0.15) is 11.3 Å². The molecule has 2 atom stereocenters. The van der Waals surface area contributed by atoms with Crippen LogP contribution in [0.15, 0.2) is 27.4 Å². The lowest BCUT2D eigenvalue weighted by atomic mass is 9.71. The van der Waals surface area contributed by atoms with E-state index in [9.17, 15) is 14.7 Å². The average Bonchev–Trinajstić information content (AvgIpc) is 2.69. The van der Waals surface area contributed by atoms with Crippen molar-refractivity contribution in [2.75, 3.05) is 20.2 Å². The van der Waals surface area contributed by atoms with Crippen molar-refractivity contribution in [3.63, 3.8) is 0 Å². The summed E-state index contributed by atoms with van der Waals surface area (Å²) in [5.74, 6) is 0.684. The number of benzene rings is 1. The van der Waals surface area contributed by atoms with E-state index >= 15 is 0 Å². The molecule has 1 aromatic heterocycles. The lowest BCUT2D eigenvalue weighted by molar-refractivity contribution is -0.142. The van der Waals surface area contributed by atoms with Gasteiger partial charge in [-0.05, 0) is 43.9 Å². The minimum atomic E-state index is -0.619. The predicted octanol–water partition coefficient (Wildman–Crippen LogP) is 2.81. The minimum Gasteiger partial charge on any atom is -0.497 e. The van der Waals surface area contributed by atoms with E-state index in [-0.39, 0.29) is 18.2 Å². The Bertz CT molecular complexity index is 965. The van der Waals surface area contributed by atoms with Crippen molar-refractivity contribution in [2.24, 2.45) is 5.92 Å². The molecule has 4 rings (SSSR count). The summed E-state index contributed by atoms with van der Waals surface area (Å²) in [4.78, 5) is 27.3. The zero-order valence-corrected chi connectivity index (χ0v) is 16.5. The molecule has 1 N–H and O–H groups in total. The smallest absolute Gasteiger partial charge is 0.340 e. The zero-order valence-electron chi connectivity index (χ0n) is 16.5. The third-order valence-corrected chi connectivity index (χ3v) is 6.60. The minimum absolute atomic E-state index is 0.0291. The van der Waals surface area contributed by atoms with Gasteiger partial charge in [0.05, 0.1) is 24.7 Å². The first kappa shape index (κ1) is 19.0. The van der Waals surface area contributed by atoms with Crippen molar-refractivity contribution in [3.05, 3.63) is 39.7 Å². The summed E-state index contributed by atoms with van der Waals surface area (Å²) in [7, 11) is 1.56. The third-order valence-electron chi connectivity index (χ3n) is 6.60. The Morgan fingerprint density at radius 3 is 2.96 bits per heavy atom. The van der Waals surface area contributed by atoms with Gasteiger partial charge in [-0.1, -0.05) is 12.8 Å². The zero-order chi connectivity index (χ0) is 19.9. The van der Waals surface area contributed by atoms with Gasteiger partial charge in [0.15, 0.2) is 0 Å². The van der Waals surface area contributed by atoms with Crippen LogP contribution in [-0.2, 0) is 11.2 Å². The monoisotopic (exact) mass is 385 g/mol. The number of carbonyl (C=O) groups is 1. The molecule has 2 heterocycles. The molecule has 1 amide bonds. The van der Waals surface area contributed by atoms with Crippen molar-refractivity contribution >= 4 is 16.9 Å². The summed E-state index contributed by atoms with van der Waals surface area (Å²) < 4.78 is 10.6. The van der Waals surface area contributed by atoms with Crippen LogP contribution in [-0.4, -0.2) is 41.7 Å². The normalized spacial score (nSPS) is 24.8. The number of hydrogen-bond acceptors (Lipinski definition) is 5. The quantitative estimate of drug-likeness (QED) is 0.822. The van der Waals surface area contributed by atoms with Crippen LogP contribution in [0.2, 0.25) is 0 Å². The number of carbonyl (C=O) groups excluding carboxylic acids is 1. The van der Waals surface area contributed by atoms with Gasteiger partial charge >= 0.3 is 5.63 Å². The molecule has 1 aromatic carbocycles. The first-order valence-electron chi connectivity index (χ1n) is 10.0. The number of likely N-dealkylation sites (tertiary alicyclic amines) is 1. The number of amides is 1. The summed E-state index contributed by atoms with van der Waals surface area (Å²) in [6.07, 6.45) is 4.60. The summed E-state index contributed by atoms with van der Waals surface area (Å²) in [6.45, 7) is 2.97. The van der Waals surface area contributed by atoms with Crippen LogP contribution < -0.4 is 10.4 Å². The first-order chi connectivity index (χ1) is 13.4. The SMILES string of the molecule is COc1ccc2c(C)c(CC(=O)N3CC[C@]4(O)CCCC[C@@H]4C3)c(=O)oc2c1. The molecular formula is C22H27NO5. The van der Waals surface area contributed by atoms with Crippen LogP contribution >= 0.6 is 0 Å². The van der Waals surface area contributed by atoms with Crippen molar-refractivity contribution in [3.8, 4) is 5.75 Å². The molecule has 1 saturated carbocycles. The second-order valence-electron chi connectivity index (χ2n) is 8.17. The predicted molar refractivity (Wildman–Crippen MR) is 106 cm³/mol. The summed E-state index contributed by atoms with van der Waals surface area (Å²) in [6, 6.07) is 5.35. The standard InChI is InChI=1S/C22H27NO5/c1-14-17-7-6-16(27-2)11-19(17)28-21(25)18(14)12-20(24)23-10-9-22(26)8-4-3-5-15(22)13-23/h6-7,11,15,26H,3-5,8-10,12-13H2,1-2H3/t15-,22-/m1/s1. The number of methoxy groups -OCH3 is 1. The molecule has 2 aliphatic rings. The fraction of sp³-hybridized carbons (Fsp3) is 0.545. The van der Waals surface area contributed by atoms with E-state index in [2.05, 4.69) is 0 Å². The maximum Gasteiger partial charge on any atom is 0.340 e. The summed E-state index contributed by atoms with van der Waals surface area (Å²) in [5.41, 5.74) is 0.549. The van der Waals surface area contributed by atoms with Gasteiger partial charge in [-0.3, -0.25) is 4.79 Å². The molecule has 0 unspecified atom stereocenters. The summed E-state index contributed by atoms with van der Waals surface area (Å²) >= 11 is 0. The third kappa shape index (κ3) is 3.30. The van der Waals surface area contributed by atoms with E-state index in [0.717, 1.165) is 36.6 Å². The lowest BCUT2D eigenvalue weighted by Crippen LogP contribution is -2.55. The Balaban J connectivity index is 1.56. The van der Waals surface area contributed by atoms with Crippen molar-refractivity contribution < 1.29 is 19.1 Å². The van der Waals surface area contributed by atoms with Gasteiger partial charge in [-0.15, -0.1) is 0 Å². The highest BCUT2D eigenvalue weighted by Gasteiger charge is 2.43. The highest BCUT2D eigenvalue weighted by atomic mass is 16.5. The van der Waals surface area contributed by atoms with Crippen molar-refractivity contribution in [1.29, 1.82) is 0 Å². The molecule has 2 fully saturated rings. The van der Waals surface area contributed by atoms with Crippen LogP contribution in [0.1, 0.15) is 43.2 Å². The molecule has 1 aliphatic heterocycles. The van der Waals surface area contributed by atoms with E-state index < -0.39 is 11.2 Å². The number of aliphatic hydroxyl groups is 1. The number of aryl methyl sites for hydroxylation is 1. The van der Waals surface area contributed by atoms with Gasteiger partial charge in [0.2, 0.25) is 5.91 Å². The molecule has 0 spiro atoms. The van der Waals surface area contributed by atoms with E-state index in [0.29, 0.717) is 36.4 Å². The van der Waals surface area contributed by atoms with E-state index in [1.54, 1.807) is 13.2 Å². The average molecular weight is 385 g/mol. The van der Waals surface area contributed by atoms with Crippen LogP contribution in [0.4, 0.5) is 0 Å². The van der Waals surface area contributed by atoms with Gasteiger partial charge in [-0.2, -0.15) is 0 Å². The molecule has 1 saturated heterocycles. The maximum absolute atomic E-state index is 12.9. The highest BCUT2D eigenvalue weighted by molar-refractivity contribution is 5.85. The fourth-order valence-corrected chi connectivity index (χ4v) is 4.77. The number of ether oxygens (including phenoxy) is 1. The Morgan fingerprint density at radius 2 is 2.18 bits per heavy atom. The number of piperidine rings is 1. The first-order valence-corrected chi connectivity index (χ1v) is 10.0. The van der Waals surface area contributed by atoms with E-state index in [4.69, 9.17) is 9.15 Å². The molecule has 150 valence electrons. The topological polar surface area (TPSA) is 80.0 Å². The summed E-state index contributed by atoms with van der Waals surface area (Å²) in [5, 5.41) is 11.6. The second-order valence-corrected chi connectivity index (χ2v) is 8.17. The second kappa shape index (κ2) is 7.24. The number of hydrogen-bond donors (Lipinski definition) is 1. The van der Waals surface area contributed by atoms with Crippen LogP contribution in [0, 0.1) is 12.8 Å². The number of fused-ring (bicyclic) bond motifs is 2. The maximum atomic E-state index is 12.9. The fourth-order valence-electron chi connectivity index (χ4n) is 4.77. The molecule has 6 heteroatoms. The molecular weight excluding hydrogens is 358 g/mol. The molecule has 0 bridgehead atoms. The molecule has 6 nitrogen and oxygen atoms in total. The molecule has 0 radical (unpaired) electrons. The Labute approximate surface area is 164 Å². The van der Waals surface area contributed by atoms with Crippen LogP contribution in [0.3, 0.4) is 0 Å². The van der Waals surface area contributed by atoms with Gasteiger partial charge in [-0.25, -0.2) is 4.79 Å². The van der Waals surface area contributed by atoms with Gasteiger partial charge in [0.25, 0.3) is 0 Å². The van der Waals surface area contributed by atoms with Gasteiger partial charge in [0, 0.05) is 30.5 Å². The number of nitrogens with zero attached hydrogens (tertiary/aromatic N) is 1. The van der Waals surface area contributed by atoms with E-state index in [1.807, 2.05) is 24.0 Å². The van der Waals surface area contributed by atoms with E-state index in [1.165, 1.54) is 0 Å². The molecule has 1 aliphatic carbocycles. The largest absolute Gasteiger partial charge is 0.497 e. The Hall–Kier alpha value is -2.34. The van der Waals surface area contributed by atoms with Gasteiger partial charge < -0.3 is 19.2 Å². The number of rotatable bonds is 3. The lowest BCUT2D eigenvalue weighted by Gasteiger charge is -2.47. The Morgan fingerprint density at radius 1 is 1.36 bits per heavy atom. The highest BCUT2D eigenvalue weighted by Crippen LogP contribution is 2.39. The van der Waals surface area contributed by atoms with Crippen molar-refractivity contribution in [1.82, 2.24) is 4.90 Å². The van der Waals surface area contributed by atoms with Crippen LogP contribution in [0.25, 0.3) is 11.0 Å². The molecule has 28 heavy (non-hydrogen) atoms. The van der Waals surface area contributed by atoms with Crippen molar-refractivity contribution in [2.45, 2.75) is 51.0 Å². The Kier molecular flexibility index (Phi) is 4.91.